The number of amides is 2. The van der Waals surface area contributed by atoms with Crippen LogP contribution in [0.15, 0.2) is 36.0 Å². The molecule has 26 heavy (non-hydrogen) atoms. The number of piperazine rings is 1. The molecule has 1 aliphatic rings. The fraction of sp³-hybridized carbons (Fsp3) is 0.450. The average Bonchev–Trinajstić information content (AvgIpc) is 2.66. The standard InChI is InChI=1S/C20H26N4O2/c1-4-17-5-7-18(8-6-17)15(2)22-20(26)19(13-21)14-23-9-11-24(12-10-23)16(3)25/h5-8,14-15H,4,9-12H2,1-3H3,(H,22,26)/b19-14-. The molecule has 2 amide bonds. The maximum Gasteiger partial charge on any atom is 0.263 e. The number of hydrogen-bond donors (Lipinski definition) is 1. The van der Waals surface area contributed by atoms with Gasteiger partial charge in [0.05, 0.1) is 6.04 Å². The van der Waals surface area contributed by atoms with Crippen molar-refractivity contribution in [3.8, 4) is 6.07 Å². The van der Waals surface area contributed by atoms with Gasteiger partial charge in [-0.3, -0.25) is 9.59 Å². The van der Waals surface area contributed by atoms with E-state index in [-0.39, 0.29) is 23.4 Å². The van der Waals surface area contributed by atoms with Crippen LogP contribution in [-0.2, 0) is 16.0 Å². The van der Waals surface area contributed by atoms with Crippen LogP contribution in [0, 0.1) is 11.3 Å². The molecule has 1 atom stereocenters. The van der Waals surface area contributed by atoms with Gasteiger partial charge in [0.15, 0.2) is 0 Å². The normalized spacial score (nSPS) is 16.0. The summed E-state index contributed by atoms with van der Waals surface area (Å²) in [5, 5.41) is 12.2. The molecule has 1 heterocycles. The summed E-state index contributed by atoms with van der Waals surface area (Å²) in [6.45, 7) is 7.99. The lowest BCUT2D eigenvalue weighted by Gasteiger charge is -2.33. The third-order valence-electron chi connectivity index (χ3n) is 4.67. The zero-order chi connectivity index (χ0) is 19.1. The number of hydrogen-bond acceptors (Lipinski definition) is 4. The molecule has 0 spiro atoms. The van der Waals surface area contributed by atoms with Crippen molar-refractivity contribution in [2.24, 2.45) is 0 Å². The number of carbonyl (C=O) groups excluding carboxylic acids is 2. The van der Waals surface area contributed by atoms with Gasteiger partial charge in [-0.25, -0.2) is 0 Å². The molecular weight excluding hydrogens is 328 g/mol. The van der Waals surface area contributed by atoms with Crippen LogP contribution in [0.1, 0.15) is 37.9 Å². The topological polar surface area (TPSA) is 76.4 Å². The molecular formula is C20H26N4O2. The summed E-state index contributed by atoms with van der Waals surface area (Å²) < 4.78 is 0. The molecule has 6 heteroatoms. The number of nitriles is 1. The molecule has 0 bridgehead atoms. The van der Waals surface area contributed by atoms with Crippen LogP contribution >= 0.6 is 0 Å². The van der Waals surface area contributed by atoms with Gasteiger partial charge >= 0.3 is 0 Å². The number of carbonyl (C=O) groups is 2. The van der Waals surface area contributed by atoms with Crippen molar-refractivity contribution in [2.45, 2.75) is 33.2 Å². The molecule has 1 aromatic carbocycles. The molecule has 0 aliphatic carbocycles. The van der Waals surface area contributed by atoms with Crippen molar-refractivity contribution >= 4 is 11.8 Å². The highest BCUT2D eigenvalue weighted by Crippen LogP contribution is 2.15. The Morgan fingerprint density at radius 1 is 1.23 bits per heavy atom. The van der Waals surface area contributed by atoms with Crippen molar-refractivity contribution in [3.63, 3.8) is 0 Å². The van der Waals surface area contributed by atoms with Crippen molar-refractivity contribution < 1.29 is 9.59 Å². The van der Waals surface area contributed by atoms with Crippen molar-refractivity contribution in [2.75, 3.05) is 26.2 Å². The maximum atomic E-state index is 12.4. The van der Waals surface area contributed by atoms with E-state index in [0.29, 0.717) is 26.2 Å². The van der Waals surface area contributed by atoms with E-state index in [1.54, 1.807) is 18.0 Å². The van der Waals surface area contributed by atoms with Crippen LogP contribution in [-0.4, -0.2) is 47.8 Å². The van der Waals surface area contributed by atoms with Gasteiger partial charge in [-0.1, -0.05) is 31.2 Å². The fourth-order valence-electron chi connectivity index (χ4n) is 2.89. The molecule has 1 aromatic rings. The Hall–Kier alpha value is -2.81. The first-order valence-corrected chi connectivity index (χ1v) is 8.95. The van der Waals surface area contributed by atoms with Crippen LogP contribution in [0.4, 0.5) is 0 Å². The summed E-state index contributed by atoms with van der Waals surface area (Å²) in [6.07, 6.45) is 2.57. The molecule has 0 saturated carbocycles. The fourth-order valence-corrected chi connectivity index (χ4v) is 2.89. The quantitative estimate of drug-likeness (QED) is 0.648. The lowest BCUT2D eigenvalue weighted by molar-refractivity contribution is -0.130. The molecule has 1 saturated heterocycles. The van der Waals surface area contributed by atoms with Crippen LogP contribution in [0.5, 0.6) is 0 Å². The number of nitrogens with one attached hydrogen (secondary N) is 1. The summed E-state index contributed by atoms with van der Waals surface area (Å²) in [5.74, 6) is -0.330. The third-order valence-corrected chi connectivity index (χ3v) is 4.67. The molecule has 1 N–H and O–H groups in total. The first-order valence-electron chi connectivity index (χ1n) is 8.95. The second kappa shape index (κ2) is 9.04. The second-order valence-corrected chi connectivity index (χ2v) is 6.49. The average molecular weight is 354 g/mol. The molecule has 2 rings (SSSR count). The highest BCUT2D eigenvalue weighted by molar-refractivity contribution is 5.97. The predicted octanol–water partition coefficient (Wildman–Crippen LogP) is 2.00. The number of benzene rings is 1. The smallest absolute Gasteiger partial charge is 0.263 e. The first-order chi connectivity index (χ1) is 12.4. The zero-order valence-electron chi connectivity index (χ0n) is 15.7. The molecule has 0 radical (unpaired) electrons. The SMILES string of the molecule is CCc1ccc(C(C)NC(=O)/C(C#N)=C\N2CCN(C(C)=O)CC2)cc1. The van der Waals surface area contributed by atoms with Gasteiger partial charge < -0.3 is 15.1 Å². The summed E-state index contributed by atoms with van der Waals surface area (Å²) >= 11 is 0. The largest absolute Gasteiger partial charge is 0.373 e. The van der Waals surface area contributed by atoms with E-state index in [9.17, 15) is 14.9 Å². The van der Waals surface area contributed by atoms with Crippen LogP contribution in [0.2, 0.25) is 0 Å². The molecule has 1 fully saturated rings. The van der Waals surface area contributed by atoms with Gasteiger partial charge in [0.25, 0.3) is 5.91 Å². The predicted molar refractivity (Wildman–Crippen MR) is 99.9 cm³/mol. The lowest BCUT2D eigenvalue weighted by atomic mass is 10.0. The first kappa shape index (κ1) is 19.5. The zero-order valence-corrected chi connectivity index (χ0v) is 15.7. The third kappa shape index (κ3) is 5.09. The van der Waals surface area contributed by atoms with Gasteiger partial charge in [-0.05, 0) is 24.5 Å². The van der Waals surface area contributed by atoms with Crippen LogP contribution in [0.25, 0.3) is 0 Å². The molecule has 6 nitrogen and oxygen atoms in total. The highest BCUT2D eigenvalue weighted by Gasteiger charge is 2.19. The summed E-state index contributed by atoms with van der Waals surface area (Å²) in [6, 6.07) is 9.90. The van der Waals surface area contributed by atoms with E-state index in [2.05, 4.69) is 12.2 Å². The number of nitrogens with zero attached hydrogens (tertiary/aromatic N) is 3. The van der Waals surface area contributed by atoms with E-state index in [4.69, 9.17) is 0 Å². The summed E-state index contributed by atoms with van der Waals surface area (Å²) in [7, 11) is 0. The van der Waals surface area contributed by atoms with Crippen molar-refractivity contribution in [1.29, 1.82) is 5.26 Å². The van der Waals surface area contributed by atoms with Crippen LogP contribution < -0.4 is 5.32 Å². The van der Waals surface area contributed by atoms with E-state index in [1.165, 1.54) is 5.56 Å². The molecule has 0 aromatic heterocycles. The molecule has 1 unspecified atom stereocenters. The molecule has 138 valence electrons. The van der Waals surface area contributed by atoms with E-state index in [0.717, 1.165) is 12.0 Å². The maximum absolute atomic E-state index is 12.4. The van der Waals surface area contributed by atoms with E-state index >= 15 is 0 Å². The Kier molecular flexibility index (Phi) is 6.79. The van der Waals surface area contributed by atoms with Crippen LogP contribution in [0.3, 0.4) is 0 Å². The van der Waals surface area contributed by atoms with E-state index < -0.39 is 0 Å². The Morgan fingerprint density at radius 3 is 2.35 bits per heavy atom. The highest BCUT2D eigenvalue weighted by atomic mass is 16.2. The molecule has 1 aliphatic heterocycles. The minimum absolute atomic E-state index is 0.0507. The second-order valence-electron chi connectivity index (χ2n) is 6.49. The van der Waals surface area contributed by atoms with Gasteiger partial charge in [0, 0.05) is 39.3 Å². The van der Waals surface area contributed by atoms with Crippen molar-refractivity contribution in [1.82, 2.24) is 15.1 Å². The number of aryl methyl sites for hydroxylation is 1. The van der Waals surface area contributed by atoms with Crippen molar-refractivity contribution in [3.05, 3.63) is 47.2 Å². The van der Waals surface area contributed by atoms with Gasteiger partial charge in [0.2, 0.25) is 5.91 Å². The minimum Gasteiger partial charge on any atom is -0.373 e. The van der Waals surface area contributed by atoms with Gasteiger partial charge in [-0.15, -0.1) is 0 Å². The van der Waals surface area contributed by atoms with Gasteiger partial charge in [-0.2, -0.15) is 5.26 Å². The Labute approximate surface area is 155 Å². The Morgan fingerprint density at radius 2 is 1.85 bits per heavy atom. The van der Waals surface area contributed by atoms with E-state index in [1.807, 2.05) is 42.2 Å². The Bertz CT molecular complexity index is 710. The number of rotatable bonds is 5. The lowest BCUT2D eigenvalue weighted by Crippen LogP contribution is -2.46. The van der Waals surface area contributed by atoms with Gasteiger partial charge in [0.1, 0.15) is 11.6 Å². The Balaban J connectivity index is 1.97. The monoisotopic (exact) mass is 354 g/mol. The minimum atomic E-state index is -0.381. The summed E-state index contributed by atoms with van der Waals surface area (Å²) in [4.78, 5) is 27.5. The summed E-state index contributed by atoms with van der Waals surface area (Å²) in [5.41, 5.74) is 2.33.